The number of carbonyl (C=O) groups excluding carboxylic acids is 2. The zero-order valence-electron chi connectivity index (χ0n) is 19.1. The summed E-state index contributed by atoms with van der Waals surface area (Å²) in [5.74, 6) is -1.60. The maximum atomic E-state index is 13.8. The topological polar surface area (TPSA) is 89.8 Å². The number of rotatable bonds is 6. The fourth-order valence-corrected chi connectivity index (χ4v) is 4.81. The number of para-hydroxylation sites is 1. The lowest BCUT2D eigenvalue weighted by molar-refractivity contribution is -0.129. The number of aliphatic hydroxyl groups is 1. The smallest absolute Gasteiger partial charge is 0.290 e. The average molecular weight is 478 g/mol. The quantitative estimate of drug-likeness (QED) is 0.381. The summed E-state index contributed by atoms with van der Waals surface area (Å²) < 4.78 is 5.80. The fraction of sp³-hybridized carbons (Fsp3) is 0.231. The number of H-pyrrole nitrogens is 1. The molecule has 0 saturated carbocycles. The second kappa shape index (κ2) is 8.34. The summed E-state index contributed by atoms with van der Waals surface area (Å²) in [6, 6.07) is 13.6. The molecule has 1 atom stereocenters. The van der Waals surface area contributed by atoms with Crippen molar-refractivity contribution in [1.29, 1.82) is 0 Å². The van der Waals surface area contributed by atoms with Crippen LogP contribution in [0.5, 0.6) is 0 Å². The largest absolute Gasteiger partial charge is 0.503 e. The van der Waals surface area contributed by atoms with Gasteiger partial charge in [-0.1, -0.05) is 29.8 Å². The molecule has 0 bridgehead atoms. The molecule has 0 aliphatic carbocycles. The van der Waals surface area contributed by atoms with E-state index in [0.717, 1.165) is 22.2 Å². The van der Waals surface area contributed by atoms with E-state index in [9.17, 15) is 14.7 Å². The Morgan fingerprint density at radius 1 is 1.21 bits per heavy atom. The van der Waals surface area contributed by atoms with Crippen molar-refractivity contribution in [3.05, 3.63) is 81.9 Å². The molecule has 4 aromatic rings. The number of likely N-dealkylation sites (N-methyl/N-ethyl adjacent to an activating group) is 1. The second-order valence-corrected chi connectivity index (χ2v) is 9.23. The maximum absolute atomic E-state index is 13.8. The third-order valence-corrected chi connectivity index (χ3v) is 6.49. The van der Waals surface area contributed by atoms with Gasteiger partial charge in [0.25, 0.3) is 5.91 Å². The van der Waals surface area contributed by atoms with Gasteiger partial charge in [0.15, 0.2) is 11.5 Å². The Balaban J connectivity index is 1.67. The number of amides is 1. The molecule has 2 aromatic carbocycles. The molecule has 7 nitrogen and oxygen atoms in total. The number of aliphatic hydroxyl groups excluding tert-OH is 1. The van der Waals surface area contributed by atoms with Crippen LogP contribution in [0.2, 0.25) is 5.02 Å². The van der Waals surface area contributed by atoms with Crippen molar-refractivity contribution < 1.29 is 19.1 Å². The van der Waals surface area contributed by atoms with Gasteiger partial charge < -0.3 is 24.3 Å². The molecule has 1 aliphatic rings. The van der Waals surface area contributed by atoms with E-state index in [1.165, 1.54) is 0 Å². The van der Waals surface area contributed by atoms with Crippen molar-refractivity contribution in [2.45, 2.75) is 13.0 Å². The van der Waals surface area contributed by atoms with Crippen LogP contribution in [0.1, 0.15) is 27.9 Å². The number of benzene rings is 2. The first-order valence-electron chi connectivity index (χ1n) is 11.0. The third-order valence-electron chi connectivity index (χ3n) is 6.26. The van der Waals surface area contributed by atoms with E-state index in [-0.39, 0.29) is 11.3 Å². The minimum Gasteiger partial charge on any atom is -0.503 e. The van der Waals surface area contributed by atoms with Crippen LogP contribution in [0.15, 0.2) is 64.3 Å². The highest BCUT2D eigenvalue weighted by atomic mass is 35.5. The number of nitrogens with one attached hydrogen (secondary N) is 1. The lowest BCUT2D eigenvalue weighted by Crippen LogP contribution is -2.36. The second-order valence-electron chi connectivity index (χ2n) is 8.80. The fourth-order valence-electron chi connectivity index (χ4n) is 4.63. The number of halogens is 1. The molecule has 2 N–H and O–H groups in total. The molecule has 0 fully saturated rings. The molecule has 34 heavy (non-hydrogen) atoms. The number of nitrogens with zero attached hydrogens (tertiary/aromatic N) is 2. The van der Waals surface area contributed by atoms with Crippen LogP contribution >= 0.6 is 11.6 Å². The normalized spacial score (nSPS) is 16.6. The van der Waals surface area contributed by atoms with E-state index < -0.39 is 23.5 Å². The van der Waals surface area contributed by atoms with Crippen LogP contribution < -0.4 is 0 Å². The van der Waals surface area contributed by atoms with Crippen LogP contribution in [-0.4, -0.2) is 58.8 Å². The number of furan rings is 1. The van der Waals surface area contributed by atoms with Gasteiger partial charge >= 0.3 is 0 Å². The molecule has 2 aromatic heterocycles. The summed E-state index contributed by atoms with van der Waals surface area (Å²) in [7, 11) is 3.82. The molecule has 0 radical (unpaired) electrons. The average Bonchev–Trinajstić information content (AvgIpc) is 3.43. The van der Waals surface area contributed by atoms with Gasteiger partial charge in [-0.2, -0.15) is 0 Å². The molecule has 1 unspecified atom stereocenters. The van der Waals surface area contributed by atoms with Crippen LogP contribution in [0, 0.1) is 6.92 Å². The van der Waals surface area contributed by atoms with E-state index in [0.29, 0.717) is 29.1 Å². The molecule has 5 rings (SSSR count). The maximum Gasteiger partial charge on any atom is 0.290 e. The van der Waals surface area contributed by atoms with Crippen molar-refractivity contribution in [3.8, 4) is 0 Å². The Bertz CT molecular complexity index is 1480. The number of hydrogen-bond acceptors (Lipinski definition) is 5. The van der Waals surface area contributed by atoms with E-state index in [4.69, 9.17) is 16.0 Å². The summed E-state index contributed by atoms with van der Waals surface area (Å²) >= 11 is 6.09. The lowest BCUT2D eigenvalue weighted by atomic mass is 9.93. The molecule has 8 heteroatoms. The van der Waals surface area contributed by atoms with Gasteiger partial charge in [0, 0.05) is 45.7 Å². The molecule has 1 aliphatic heterocycles. The minimum atomic E-state index is -0.757. The number of carbonyl (C=O) groups is 2. The number of hydrogen-bond donors (Lipinski definition) is 2. The minimum absolute atomic E-state index is 0.0155. The van der Waals surface area contributed by atoms with Crippen molar-refractivity contribution in [1.82, 2.24) is 14.8 Å². The van der Waals surface area contributed by atoms with E-state index in [1.54, 1.807) is 29.2 Å². The monoisotopic (exact) mass is 477 g/mol. The highest BCUT2D eigenvalue weighted by Crippen LogP contribution is 2.43. The Morgan fingerprint density at radius 3 is 2.74 bits per heavy atom. The molecule has 0 spiro atoms. The van der Waals surface area contributed by atoms with Crippen molar-refractivity contribution >= 4 is 45.2 Å². The predicted molar refractivity (Wildman–Crippen MR) is 131 cm³/mol. The van der Waals surface area contributed by atoms with Crippen LogP contribution in [0.25, 0.3) is 21.9 Å². The van der Waals surface area contributed by atoms with Crippen LogP contribution in [0.3, 0.4) is 0 Å². The SMILES string of the molecule is Cc1[nH]c2ccccc2c1C1C(C(=O)c2cc3cc(Cl)ccc3o2)=C(O)C(=O)N1CCN(C)C. The van der Waals surface area contributed by atoms with Crippen molar-refractivity contribution in [2.75, 3.05) is 27.2 Å². The Kier molecular flexibility index (Phi) is 5.46. The number of aromatic amines is 1. The van der Waals surface area contributed by atoms with Gasteiger partial charge in [-0.05, 0) is 51.4 Å². The summed E-state index contributed by atoms with van der Waals surface area (Å²) in [6.07, 6.45) is 0. The lowest BCUT2D eigenvalue weighted by Gasteiger charge is -2.28. The number of Topliss-reactive ketones (excluding diaryl/α,β-unsaturated/α-hetero) is 1. The summed E-state index contributed by atoms with van der Waals surface area (Å²) in [5.41, 5.74) is 3.02. The zero-order chi connectivity index (χ0) is 24.1. The van der Waals surface area contributed by atoms with Gasteiger partial charge in [-0.15, -0.1) is 0 Å². The van der Waals surface area contributed by atoms with Crippen molar-refractivity contribution in [3.63, 3.8) is 0 Å². The first-order chi connectivity index (χ1) is 16.3. The third kappa shape index (κ3) is 3.57. The molecule has 3 heterocycles. The zero-order valence-corrected chi connectivity index (χ0v) is 19.8. The number of aryl methyl sites for hydroxylation is 1. The summed E-state index contributed by atoms with van der Waals surface area (Å²) in [4.78, 5) is 33.8. The van der Waals surface area contributed by atoms with Gasteiger partial charge in [0.05, 0.1) is 11.6 Å². The van der Waals surface area contributed by atoms with Gasteiger partial charge in [-0.25, -0.2) is 0 Å². The molecule has 1 amide bonds. The Hall–Kier alpha value is -3.55. The summed E-state index contributed by atoms with van der Waals surface area (Å²) in [5, 5.41) is 13.0. The molecule has 174 valence electrons. The van der Waals surface area contributed by atoms with Crippen molar-refractivity contribution in [2.24, 2.45) is 0 Å². The first-order valence-corrected chi connectivity index (χ1v) is 11.3. The molecular formula is C26H24ClN3O4. The first kappa shape index (κ1) is 22.3. The standard InChI is InChI=1S/C26H24ClN3O4/c1-14-21(17-6-4-5-7-18(17)28-14)23-22(25(32)26(33)30(23)11-10-29(2)3)24(31)20-13-15-12-16(27)8-9-19(15)34-20/h4-9,12-13,23,28,32H,10-11H2,1-3H3. The Morgan fingerprint density at radius 2 is 1.97 bits per heavy atom. The predicted octanol–water partition coefficient (Wildman–Crippen LogP) is 5.02. The van der Waals surface area contributed by atoms with E-state index in [2.05, 4.69) is 4.98 Å². The number of fused-ring (bicyclic) bond motifs is 2. The Labute approximate surface area is 201 Å². The van der Waals surface area contributed by atoms with Crippen LogP contribution in [0.4, 0.5) is 0 Å². The number of aromatic nitrogens is 1. The highest BCUT2D eigenvalue weighted by molar-refractivity contribution is 6.31. The van der Waals surface area contributed by atoms with E-state index >= 15 is 0 Å². The highest BCUT2D eigenvalue weighted by Gasteiger charge is 2.45. The van der Waals surface area contributed by atoms with Gasteiger partial charge in [0.1, 0.15) is 5.58 Å². The van der Waals surface area contributed by atoms with E-state index in [1.807, 2.05) is 50.2 Å². The van der Waals surface area contributed by atoms with Gasteiger partial charge in [0.2, 0.25) is 5.78 Å². The summed E-state index contributed by atoms with van der Waals surface area (Å²) in [6.45, 7) is 2.82. The molecule has 0 saturated heterocycles. The number of ketones is 1. The van der Waals surface area contributed by atoms with Gasteiger partial charge in [-0.3, -0.25) is 9.59 Å². The molecular weight excluding hydrogens is 454 g/mol. The van der Waals surface area contributed by atoms with Crippen LogP contribution in [-0.2, 0) is 4.79 Å².